The van der Waals surface area contributed by atoms with Gasteiger partial charge in [-0.2, -0.15) is 0 Å². The van der Waals surface area contributed by atoms with Crippen LogP contribution in [0.15, 0.2) is 78.9 Å². The van der Waals surface area contributed by atoms with Crippen molar-refractivity contribution < 1.29 is 14.3 Å². The summed E-state index contributed by atoms with van der Waals surface area (Å²) in [4.78, 5) is 16.7. The van der Waals surface area contributed by atoms with Crippen molar-refractivity contribution in [3.8, 4) is 5.75 Å². The number of para-hydroxylation sites is 2. The average Bonchev–Trinajstić information content (AvgIpc) is 3.15. The van der Waals surface area contributed by atoms with Crippen LogP contribution < -0.4 is 4.74 Å². The summed E-state index contributed by atoms with van der Waals surface area (Å²) in [5, 5.41) is 0.789. The van der Waals surface area contributed by atoms with Gasteiger partial charge in [-0.15, -0.1) is 11.3 Å². The molecule has 0 saturated heterocycles. The van der Waals surface area contributed by atoms with Crippen molar-refractivity contribution >= 4 is 27.5 Å². The maximum Gasteiger partial charge on any atom is 0.338 e. The Bertz CT molecular complexity index is 1010. The number of ether oxygens (including phenoxy) is 2. The van der Waals surface area contributed by atoms with Gasteiger partial charge in [0.25, 0.3) is 0 Å². The molecule has 27 heavy (non-hydrogen) atoms. The molecule has 0 atom stereocenters. The van der Waals surface area contributed by atoms with Crippen molar-refractivity contribution in [2.45, 2.75) is 13.2 Å². The van der Waals surface area contributed by atoms with Gasteiger partial charge in [-0.05, 0) is 42.0 Å². The minimum absolute atomic E-state index is 0.178. The maximum absolute atomic E-state index is 12.2. The standard InChI is InChI=1S/C22H17NO3S/c24-22(26-15-21-23-19-8-4-5-9-20(19)27-21)17-12-10-16(11-13-17)14-25-18-6-2-1-3-7-18/h1-13H,14-15H2. The van der Waals surface area contributed by atoms with E-state index in [9.17, 15) is 4.79 Å². The lowest BCUT2D eigenvalue weighted by molar-refractivity contribution is 0.0472. The Kier molecular flexibility index (Phi) is 5.12. The number of aromatic nitrogens is 1. The summed E-state index contributed by atoms with van der Waals surface area (Å²) in [5.41, 5.74) is 2.43. The predicted octanol–water partition coefficient (Wildman–Crippen LogP) is 5.23. The van der Waals surface area contributed by atoms with E-state index in [0.717, 1.165) is 26.5 Å². The van der Waals surface area contributed by atoms with Crippen LogP contribution in [-0.2, 0) is 18.0 Å². The minimum atomic E-state index is -0.357. The fourth-order valence-corrected chi connectivity index (χ4v) is 3.49. The van der Waals surface area contributed by atoms with Crippen LogP contribution in [0, 0.1) is 0 Å². The van der Waals surface area contributed by atoms with E-state index in [4.69, 9.17) is 9.47 Å². The number of esters is 1. The molecule has 0 aliphatic rings. The maximum atomic E-state index is 12.2. The average molecular weight is 375 g/mol. The van der Waals surface area contributed by atoms with Gasteiger partial charge < -0.3 is 9.47 Å². The van der Waals surface area contributed by atoms with Crippen LogP contribution in [0.4, 0.5) is 0 Å². The Balaban J connectivity index is 1.33. The first-order valence-corrected chi connectivity index (χ1v) is 9.38. The quantitative estimate of drug-likeness (QED) is 0.433. The Labute approximate surface area is 161 Å². The molecule has 1 heterocycles. The molecule has 4 nitrogen and oxygen atoms in total. The van der Waals surface area contributed by atoms with Gasteiger partial charge >= 0.3 is 5.97 Å². The van der Waals surface area contributed by atoms with E-state index < -0.39 is 0 Å². The molecule has 0 spiro atoms. The van der Waals surface area contributed by atoms with E-state index in [1.165, 1.54) is 11.3 Å². The summed E-state index contributed by atoms with van der Waals surface area (Å²) >= 11 is 1.54. The first-order valence-electron chi connectivity index (χ1n) is 8.56. The number of fused-ring (bicyclic) bond motifs is 1. The Morgan fingerprint density at radius 1 is 0.852 bits per heavy atom. The van der Waals surface area contributed by atoms with E-state index in [1.54, 1.807) is 12.1 Å². The van der Waals surface area contributed by atoms with E-state index >= 15 is 0 Å². The molecule has 3 aromatic carbocycles. The highest BCUT2D eigenvalue weighted by molar-refractivity contribution is 7.18. The molecule has 4 rings (SSSR count). The van der Waals surface area contributed by atoms with Crippen LogP contribution >= 0.6 is 11.3 Å². The molecule has 4 aromatic rings. The summed E-state index contributed by atoms with van der Waals surface area (Å²) in [5.74, 6) is 0.460. The van der Waals surface area contributed by atoms with Crippen molar-refractivity contribution in [1.82, 2.24) is 4.98 Å². The van der Waals surface area contributed by atoms with Gasteiger partial charge in [0.05, 0.1) is 15.8 Å². The topological polar surface area (TPSA) is 48.4 Å². The number of carbonyl (C=O) groups excluding carboxylic acids is 1. The van der Waals surface area contributed by atoms with Gasteiger partial charge in [-0.3, -0.25) is 0 Å². The molecule has 134 valence electrons. The first kappa shape index (κ1) is 17.2. The molecule has 0 amide bonds. The van der Waals surface area contributed by atoms with Crippen molar-refractivity contribution in [2.24, 2.45) is 0 Å². The van der Waals surface area contributed by atoms with Crippen LogP contribution in [0.2, 0.25) is 0 Å². The number of hydrogen-bond acceptors (Lipinski definition) is 5. The van der Waals surface area contributed by atoms with E-state index in [1.807, 2.05) is 66.7 Å². The Hall–Kier alpha value is -3.18. The molecule has 0 aliphatic carbocycles. The number of hydrogen-bond donors (Lipinski definition) is 0. The van der Waals surface area contributed by atoms with E-state index in [-0.39, 0.29) is 12.6 Å². The molecular weight excluding hydrogens is 358 g/mol. The summed E-state index contributed by atoms with van der Waals surface area (Å²) in [6.07, 6.45) is 0. The second-order valence-electron chi connectivity index (χ2n) is 5.95. The zero-order chi connectivity index (χ0) is 18.5. The lowest BCUT2D eigenvalue weighted by Gasteiger charge is -2.07. The van der Waals surface area contributed by atoms with Crippen LogP contribution in [0.1, 0.15) is 20.9 Å². The van der Waals surface area contributed by atoms with Crippen molar-refractivity contribution in [3.05, 3.63) is 95.0 Å². The minimum Gasteiger partial charge on any atom is -0.489 e. The monoisotopic (exact) mass is 375 g/mol. The third kappa shape index (κ3) is 4.33. The molecular formula is C22H17NO3S. The molecule has 0 unspecified atom stereocenters. The number of benzene rings is 3. The number of carbonyl (C=O) groups is 1. The highest BCUT2D eigenvalue weighted by Gasteiger charge is 2.10. The van der Waals surface area contributed by atoms with Crippen molar-refractivity contribution in [1.29, 1.82) is 0 Å². The molecule has 0 radical (unpaired) electrons. The third-order valence-corrected chi connectivity index (χ3v) is 5.01. The fraction of sp³-hybridized carbons (Fsp3) is 0.0909. The predicted molar refractivity (Wildman–Crippen MR) is 106 cm³/mol. The van der Waals surface area contributed by atoms with Crippen LogP contribution in [0.3, 0.4) is 0 Å². The first-order chi connectivity index (χ1) is 13.3. The van der Waals surface area contributed by atoms with E-state index in [0.29, 0.717) is 12.2 Å². The number of nitrogens with zero attached hydrogens (tertiary/aromatic N) is 1. The zero-order valence-corrected chi connectivity index (χ0v) is 15.3. The molecule has 0 bridgehead atoms. The fourth-order valence-electron chi connectivity index (χ4n) is 2.61. The smallest absolute Gasteiger partial charge is 0.338 e. The number of thiazole rings is 1. The SMILES string of the molecule is O=C(OCc1nc2ccccc2s1)c1ccc(COc2ccccc2)cc1. The van der Waals surface area contributed by atoms with Gasteiger partial charge in [0.15, 0.2) is 0 Å². The zero-order valence-electron chi connectivity index (χ0n) is 14.5. The van der Waals surface area contributed by atoms with Gasteiger partial charge in [-0.1, -0.05) is 42.5 Å². The van der Waals surface area contributed by atoms with Gasteiger partial charge in [0.1, 0.15) is 24.0 Å². The van der Waals surface area contributed by atoms with Crippen LogP contribution in [0.5, 0.6) is 5.75 Å². The van der Waals surface area contributed by atoms with Crippen LogP contribution in [0.25, 0.3) is 10.2 Å². The van der Waals surface area contributed by atoms with Gasteiger partial charge in [0, 0.05) is 0 Å². The summed E-state index contributed by atoms with van der Waals surface area (Å²) < 4.78 is 12.2. The second-order valence-corrected chi connectivity index (χ2v) is 7.07. The third-order valence-electron chi connectivity index (χ3n) is 4.00. The highest BCUT2D eigenvalue weighted by atomic mass is 32.1. The Morgan fingerprint density at radius 3 is 2.37 bits per heavy atom. The second kappa shape index (κ2) is 8.01. The molecule has 1 aromatic heterocycles. The summed E-state index contributed by atoms with van der Waals surface area (Å²) in [6, 6.07) is 24.8. The van der Waals surface area contributed by atoms with Gasteiger partial charge in [0.2, 0.25) is 0 Å². The normalized spacial score (nSPS) is 10.7. The molecule has 5 heteroatoms. The van der Waals surface area contributed by atoms with Crippen LogP contribution in [-0.4, -0.2) is 11.0 Å². The molecule has 0 saturated carbocycles. The molecule has 0 aliphatic heterocycles. The van der Waals surface area contributed by atoms with Crippen molar-refractivity contribution in [3.63, 3.8) is 0 Å². The van der Waals surface area contributed by atoms with Gasteiger partial charge in [-0.25, -0.2) is 9.78 Å². The largest absolute Gasteiger partial charge is 0.489 e. The number of rotatable bonds is 6. The molecule has 0 N–H and O–H groups in total. The molecule has 0 fully saturated rings. The lowest BCUT2D eigenvalue weighted by Crippen LogP contribution is -2.05. The lowest BCUT2D eigenvalue weighted by atomic mass is 10.1. The van der Waals surface area contributed by atoms with E-state index in [2.05, 4.69) is 4.98 Å². The Morgan fingerprint density at radius 2 is 1.59 bits per heavy atom. The highest BCUT2D eigenvalue weighted by Crippen LogP contribution is 2.22. The summed E-state index contributed by atoms with van der Waals surface area (Å²) in [6.45, 7) is 0.627. The van der Waals surface area contributed by atoms with Crippen molar-refractivity contribution in [2.75, 3.05) is 0 Å². The summed E-state index contributed by atoms with van der Waals surface area (Å²) in [7, 11) is 0.